The molecule has 0 atom stereocenters. The molecule has 1 aromatic carbocycles. The first-order valence-corrected chi connectivity index (χ1v) is 11.9. The van der Waals surface area contributed by atoms with Gasteiger partial charge in [0.2, 0.25) is 11.8 Å². The summed E-state index contributed by atoms with van der Waals surface area (Å²) in [4.78, 5) is 25.6. The van der Waals surface area contributed by atoms with E-state index in [4.69, 9.17) is 4.74 Å². The second kappa shape index (κ2) is 7.97. The van der Waals surface area contributed by atoms with Gasteiger partial charge >= 0.3 is 0 Å². The first kappa shape index (κ1) is 20.4. The molecule has 7 rings (SSSR count). The minimum Gasteiger partial charge on any atom is -0.439 e. The van der Waals surface area contributed by atoms with E-state index in [1.807, 2.05) is 42.0 Å². The zero-order chi connectivity index (χ0) is 22.4. The third kappa shape index (κ3) is 4.12. The number of anilines is 1. The molecular formula is C26H29N5O2. The Morgan fingerprint density at radius 3 is 2.39 bits per heavy atom. The summed E-state index contributed by atoms with van der Waals surface area (Å²) >= 11 is 0. The van der Waals surface area contributed by atoms with Crippen molar-refractivity contribution in [2.24, 2.45) is 23.2 Å². The molecule has 1 N–H and O–H groups in total. The average molecular weight is 444 g/mol. The van der Waals surface area contributed by atoms with Crippen LogP contribution in [0.1, 0.15) is 50.8 Å². The molecule has 1 amide bonds. The van der Waals surface area contributed by atoms with Crippen molar-refractivity contribution in [2.75, 3.05) is 5.32 Å². The number of nitrogens with zero attached hydrogens (tertiary/aromatic N) is 4. The summed E-state index contributed by atoms with van der Waals surface area (Å²) in [6.45, 7) is 1.92. The maximum atomic E-state index is 12.9. The lowest BCUT2D eigenvalue weighted by molar-refractivity contribution is -0.124. The fraction of sp³-hybridized carbons (Fsp3) is 0.462. The highest BCUT2D eigenvalue weighted by atomic mass is 16.5. The van der Waals surface area contributed by atoms with Gasteiger partial charge in [0.1, 0.15) is 23.7 Å². The van der Waals surface area contributed by atoms with Crippen LogP contribution < -0.4 is 10.1 Å². The minimum absolute atomic E-state index is 0.141. The zero-order valence-corrected chi connectivity index (χ0v) is 18.9. The normalized spacial score (nSPS) is 27.5. The molecule has 0 saturated heterocycles. The number of carbonyl (C=O) groups excluding carboxylic acids is 1. The van der Waals surface area contributed by atoms with Gasteiger partial charge in [0.25, 0.3) is 0 Å². The van der Waals surface area contributed by atoms with Crippen LogP contribution in [-0.4, -0.2) is 25.4 Å². The van der Waals surface area contributed by atoms with Crippen LogP contribution in [0.4, 0.5) is 5.69 Å². The topological polar surface area (TPSA) is 81.9 Å². The number of carbonyl (C=O) groups is 1. The number of aromatic nitrogens is 4. The van der Waals surface area contributed by atoms with Crippen molar-refractivity contribution in [1.29, 1.82) is 0 Å². The van der Waals surface area contributed by atoms with E-state index < -0.39 is 0 Å². The van der Waals surface area contributed by atoms with Crippen LogP contribution in [0.5, 0.6) is 11.6 Å². The molecule has 4 saturated carbocycles. The first-order valence-electron chi connectivity index (χ1n) is 11.9. The summed E-state index contributed by atoms with van der Waals surface area (Å²) in [5.74, 6) is 5.37. The maximum absolute atomic E-state index is 12.9. The largest absolute Gasteiger partial charge is 0.439 e. The van der Waals surface area contributed by atoms with Crippen molar-refractivity contribution in [1.82, 2.24) is 19.5 Å². The molecule has 7 nitrogen and oxygen atoms in total. The number of hydrogen-bond donors (Lipinski definition) is 1. The van der Waals surface area contributed by atoms with E-state index in [1.54, 1.807) is 12.3 Å². The third-order valence-electron chi connectivity index (χ3n) is 7.76. The highest BCUT2D eigenvalue weighted by Gasteiger charge is 2.51. The Labute approximate surface area is 193 Å². The quantitative estimate of drug-likeness (QED) is 0.558. The highest BCUT2D eigenvalue weighted by Crippen LogP contribution is 2.61. The Kier molecular flexibility index (Phi) is 4.93. The van der Waals surface area contributed by atoms with E-state index in [0.717, 1.165) is 29.3 Å². The van der Waals surface area contributed by atoms with E-state index in [0.29, 0.717) is 23.9 Å². The summed E-state index contributed by atoms with van der Waals surface area (Å²) in [5.41, 5.74) is 1.05. The monoisotopic (exact) mass is 443 g/mol. The first-order chi connectivity index (χ1) is 16.0. The molecular weight excluding hydrogens is 414 g/mol. The number of nitrogens with one attached hydrogen (secondary N) is 1. The number of amides is 1. The predicted octanol–water partition coefficient (Wildman–Crippen LogP) is 5.31. The lowest BCUT2D eigenvalue weighted by atomic mass is 9.49. The van der Waals surface area contributed by atoms with Gasteiger partial charge in [0.15, 0.2) is 0 Å². The summed E-state index contributed by atoms with van der Waals surface area (Å²) in [5, 5.41) is 3.11. The summed E-state index contributed by atoms with van der Waals surface area (Å²) in [7, 11) is 0. The lowest BCUT2D eigenvalue weighted by Gasteiger charge is -2.56. The molecule has 4 aliphatic rings. The maximum Gasteiger partial charge on any atom is 0.224 e. The standard InChI is InChI=1S/C26H29N5O2/c1-17-27-6-7-31(17)23-11-25(29-16-28-23)33-22-4-2-21(3-5-22)30-24(32)15-26-12-18-8-19(13-26)10-20(9-18)14-26/h2-7,11,16,18-20H,8-10,12-15H2,1H3,(H,30,32). The second-order valence-corrected chi connectivity index (χ2v) is 10.3. The lowest BCUT2D eigenvalue weighted by Crippen LogP contribution is -2.47. The van der Waals surface area contributed by atoms with Crippen molar-refractivity contribution in [3.63, 3.8) is 0 Å². The number of hydrogen-bond acceptors (Lipinski definition) is 5. The zero-order valence-electron chi connectivity index (χ0n) is 18.9. The van der Waals surface area contributed by atoms with Gasteiger partial charge in [-0.25, -0.2) is 15.0 Å². The fourth-order valence-electron chi connectivity index (χ4n) is 6.92. The molecule has 4 fully saturated rings. The smallest absolute Gasteiger partial charge is 0.224 e. The fourth-order valence-corrected chi connectivity index (χ4v) is 6.92. The van der Waals surface area contributed by atoms with Gasteiger partial charge in [-0.1, -0.05) is 0 Å². The van der Waals surface area contributed by atoms with Gasteiger partial charge in [0.05, 0.1) is 0 Å². The third-order valence-corrected chi connectivity index (χ3v) is 7.76. The highest BCUT2D eigenvalue weighted by molar-refractivity contribution is 5.91. The van der Waals surface area contributed by atoms with E-state index in [2.05, 4.69) is 20.3 Å². The number of benzene rings is 1. The molecule has 170 valence electrons. The van der Waals surface area contributed by atoms with Gasteiger partial charge in [-0.05, 0) is 92.9 Å². The molecule has 33 heavy (non-hydrogen) atoms. The Morgan fingerprint density at radius 2 is 1.76 bits per heavy atom. The Morgan fingerprint density at radius 1 is 1.06 bits per heavy atom. The predicted molar refractivity (Wildman–Crippen MR) is 124 cm³/mol. The SMILES string of the molecule is Cc1nccn1-c1cc(Oc2ccc(NC(=O)CC34CC5CC(CC(C5)C3)C4)cc2)ncn1. The molecule has 0 unspecified atom stereocenters. The van der Waals surface area contributed by atoms with Gasteiger partial charge in [-0.2, -0.15) is 0 Å². The van der Waals surface area contributed by atoms with Crippen LogP contribution in [0.25, 0.3) is 5.82 Å². The number of rotatable bonds is 6. The van der Waals surface area contributed by atoms with E-state index in [9.17, 15) is 4.79 Å². The van der Waals surface area contributed by atoms with Crippen LogP contribution in [0.15, 0.2) is 49.1 Å². The summed E-state index contributed by atoms with van der Waals surface area (Å²) in [6, 6.07) is 9.25. The van der Waals surface area contributed by atoms with Crippen LogP contribution in [0.2, 0.25) is 0 Å². The van der Waals surface area contributed by atoms with Crippen LogP contribution in [-0.2, 0) is 4.79 Å². The van der Waals surface area contributed by atoms with Gasteiger partial charge in [-0.15, -0.1) is 0 Å². The Bertz CT molecular complexity index is 1130. The molecule has 4 aliphatic carbocycles. The molecule has 3 aromatic rings. The van der Waals surface area contributed by atoms with Crippen molar-refractivity contribution < 1.29 is 9.53 Å². The molecule has 0 spiro atoms. The van der Waals surface area contributed by atoms with E-state index in [1.165, 1.54) is 44.9 Å². The number of ether oxygens (including phenoxy) is 1. The molecule has 7 heteroatoms. The summed E-state index contributed by atoms with van der Waals surface area (Å²) < 4.78 is 7.78. The van der Waals surface area contributed by atoms with E-state index in [-0.39, 0.29) is 11.3 Å². The van der Waals surface area contributed by atoms with Gasteiger partial charge < -0.3 is 10.1 Å². The number of imidazole rings is 1. The van der Waals surface area contributed by atoms with Crippen LogP contribution >= 0.6 is 0 Å². The number of aryl methyl sites for hydroxylation is 1. The van der Waals surface area contributed by atoms with Crippen molar-refractivity contribution in [2.45, 2.75) is 51.9 Å². The van der Waals surface area contributed by atoms with Crippen LogP contribution in [0, 0.1) is 30.1 Å². The molecule has 0 aliphatic heterocycles. The van der Waals surface area contributed by atoms with Crippen molar-refractivity contribution in [3.05, 3.63) is 54.9 Å². The minimum atomic E-state index is 0.141. The second-order valence-electron chi connectivity index (χ2n) is 10.3. The van der Waals surface area contributed by atoms with Crippen molar-refractivity contribution >= 4 is 11.6 Å². The summed E-state index contributed by atoms with van der Waals surface area (Å²) in [6.07, 6.45) is 13.7. The molecule has 2 aromatic heterocycles. The average Bonchev–Trinajstić information content (AvgIpc) is 3.20. The van der Waals surface area contributed by atoms with E-state index >= 15 is 0 Å². The Balaban J connectivity index is 1.09. The molecule has 0 radical (unpaired) electrons. The molecule has 4 bridgehead atoms. The van der Waals surface area contributed by atoms with Gasteiger partial charge in [-0.3, -0.25) is 9.36 Å². The molecule has 2 heterocycles. The van der Waals surface area contributed by atoms with Gasteiger partial charge in [0, 0.05) is 30.6 Å². The van der Waals surface area contributed by atoms with Crippen molar-refractivity contribution in [3.8, 4) is 17.4 Å². The van der Waals surface area contributed by atoms with Crippen LogP contribution in [0.3, 0.4) is 0 Å². The Hall–Kier alpha value is -3.22.